The molecule has 0 radical (unpaired) electrons. The van der Waals surface area contributed by atoms with Gasteiger partial charge in [0.2, 0.25) is 23.6 Å². The van der Waals surface area contributed by atoms with Gasteiger partial charge in [0.15, 0.2) is 55.7 Å². The van der Waals surface area contributed by atoms with Crippen molar-refractivity contribution in [2.24, 2.45) is 22.6 Å². The molecule has 4 heterocycles. The van der Waals surface area contributed by atoms with Crippen LogP contribution >= 0.6 is 7.82 Å². The first kappa shape index (κ1) is 78.3. The van der Waals surface area contributed by atoms with E-state index in [0.717, 1.165) is 64.0 Å². The number of nitrogens with two attached hydrogens (primary N) is 3. The number of primary amides is 3. The van der Waals surface area contributed by atoms with E-state index in [1.54, 1.807) is 13.0 Å². The number of hydrogen-bond donors (Lipinski definition) is 14. The number of phosphoric ester groups is 1. The molecule has 4 aliphatic rings. The van der Waals surface area contributed by atoms with E-state index < -0.39 is 185 Å². The van der Waals surface area contributed by atoms with Gasteiger partial charge in [-0.15, -0.1) is 0 Å². The first-order valence-corrected chi connectivity index (χ1v) is 31.0. The lowest BCUT2D eigenvalue weighted by Gasteiger charge is -2.51. The highest BCUT2D eigenvalue weighted by Crippen LogP contribution is 2.49. The maximum absolute atomic E-state index is 13.8. The van der Waals surface area contributed by atoms with Crippen molar-refractivity contribution in [3.05, 3.63) is 59.3 Å². The molecule has 32 nitrogen and oxygen atoms in total. The largest absolute Gasteiger partial charge is 0.479 e. The molecule has 0 aromatic carbocycles. The molecular weight excluding hydrogens is 1230 g/mol. The predicted molar refractivity (Wildman–Crippen MR) is 316 cm³/mol. The minimum Gasteiger partial charge on any atom is -0.479 e. The molecule has 33 heteroatoms. The van der Waals surface area contributed by atoms with Crippen LogP contribution in [0.1, 0.15) is 114 Å². The zero-order chi connectivity index (χ0) is 68.6. The maximum atomic E-state index is 13.8. The molecule has 4 aliphatic heterocycles. The summed E-state index contributed by atoms with van der Waals surface area (Å²) in [7, 11) is -5.71. The highest BCUT2D eigenvalue weighted by molar-refractivity contribution is 7.47. The minimum atomic E-state index is -5.71. The zero-order valence-corrected chi connectivity index (χ0v) is 53.7. The van der Waals surface area contributed by atoms with Gasteiger partial charge >= 0.3 is 19.9 Å². The molecule has 0 aromatic rings. The van der Waals surface area contributed by atoms with Crippen LogP contribution in [-0.4, -0.2) is 230 Å². The Hall–Kier alpha value is -5.17. The Morgan fingerprint density at radius 2 is 1.30 bits per heavy atom. The average Bonchev–Trinajstić information content (AvgIpc) is 0.764. The van der Waals surface area contributed by atoms with Gasteiger partial charge in [0.1, 0.15) is 66.5 Å². The second kappa shape index (κ2) is 34.8. The third-order valence-corrected chi connectivity index (χ3v) is 16.4. The second-order valence-corrected chi connectivity index (χ2v) is 25.6. The van der Waals surface area contributed by atoms with E-state index in [1.807, 2.05) is 0 Å². The van der Waals surface area contributed by atoms with E-state index in [2.05, 4.69) is 76.1 Å². The molecule has 0 aliphatic carbocycles. The van der Waals surface area contributed by atoms with Gasteiger partial charge in [0, 0.05) is 13.8 Å². The van der Waals surface area contributed by atoms with Crippen molar-refractivity contribution in [3.8, 4) is 0 Å². The maximum Gasteiger partial charge on any atom is 0.474 e. The van der Waals surface area contributed by atoms with Crippen molar-refractivity contribution in [1.82, 2.24) is 10.6 Å². The van der Waals surface area contributed by atoms with Crippen molar-refractivity contribution in [3.63, 3.8) is 0 Å². The van der Waals surface area contributed by atoms with Gasteiger partial charge in [-0.25, -0.2) is 14.2 Å². The summed E-state index contributed by atoms with van der Waals surface area (Å²) in [5.41, 5.74) is 17.9. The zero-order valence-electron chi connectivity index (χ0n) is 52.8. The average molecular weight is 1320 g/mol. The second-order valence-electron chi connectivity index (χ2n) is 24.2. The first-order chi connectivity index (χ1) is 42.3. The summed E-state index contributed by atoms with van der Waals surface area (Å²) in [6.07, 6.45) is -21.7. The Balaban J connectivity index is 1.51. The number of allylic oxidation sites excluding steroid dienone is 8. The third-order valence-electron chi connectivity index (χ3n) is 15.4. The molecule has 0 spiro atoms. The molecule has 0 saturated carbocycles. The molecule has 0 aromatic heterocycles. The van der Waals surface area contributed by atoms with Gasteiger partial charge in [-0.2, -0.15) is 0 Å². The molecule has 22 atom stereocenters. The highest BCUT2D eigenvalue weighted by atomic mass is 31.2. The van der Waals surface area contributed by atoms with Gasteiger partial charge in [0.05, 0.1) is 25.9 Å². The molecule has 518 valence electrons. The molecule has 5 amide bonds. The fraction of sp³-hybridized carbons (Fsp3) is 0.724. The quantitative estimate of drug-likeness (QED) is 0.0288. The Kier molecular flexibility index (Phi) is 30.0. The lowest BCUT2D eigenvalue weighted by molar-refractivity contribution is -0.370. The predicted octanol–water partition coefficient (Wildman–Crippen LogP) is -0.615. The highest BCUT2D eigenvalue weighted by Gasteiger charge is 2.62. The van der Waals surface area contributed by atoms with Crippen LogP contribution in [-0.2, 0) is 80.2 Å². The van der Waals surface area contributed by atoms with E-state index in [1.165, 1.54) is 18.1 Å². The molecule has 4 fully saturated rings. The van der Waals surface area contributed by atoms with Crippen LogP contribution in [0.5, 0.6) is 0 Å². The number of rotatable bonds is 33. The number of carbonyl (C=O) groups is 6. The fourth-order valence-corrected chi connectivity index (χ4v) is 11.1. The number of nitrogens with one attached hydrogen (secondary N) is 2. The van der Waals surface area contributed by atoms with Crippen molar-refractivity contribution in [2.45, 2.75) is 242 Å². The fourth-order valence-electron chi connectivity index (χ4n) is 10.3. The monoisotopic (exact) mass is 1320 g/mol. The van der Waals surface area contributed by atoms with Gasteiger partial charge in [-0.05, 0) is 91.9 Å². The number of phosphoric acid groups is 1. The lowest BCUT2D eigenvalue weighted by Crippen LogP contribution is -2.72. The number of hydrogen-bond acceptors (Lipinski definition) is 25. The van der Waals surface area contributed by atoms with Crippen LogP contribution in [0.15, 0.2) is 59.3 Å². The number of aliphatic hydroxyl groups is 7. The Morgan fingerprint density at radius 3 is 1.86 bits per heavy atom. The third kappa shape index (κ3) is 23.1. The van der Waals surface area contributed by atoms with Crippen LogP contribution in [0.3, 0.4) is 0 Å². The van der Waals surface area contributed by atoms with Crippen LogP contribution in [0.4, 0.5) is 4.79 Å². The van der Waals surface area contributed by atoms with Crippen molar-refractivity contribution in [2.75, 3.05) is 19.8 Å². The number of carbonyl (C=O) groups excluding carboxylic acids is 5. The van der Waals surface area contributed by atoms with Gasteiger partial charge in [-0.3, -0.25) is 28.2 Å². The number of carboxylic acid groups (broad SMARTS) is 1. The number of amides is 5. The van der Waals surface area contributed by atoms with Crippen LogP contribution < -0.4 is 27.8 Å². The van der Waals surface area contributed by atoms with Crippen molar-refractivity contribution < 1.29 is 131 Å². The normalized spacial score (nSPS) is 34.3. The summed E-state index contributed by atoms with van der Waals surface area (Å²) in [4.78, 5) is 86.2. The van der Waals surface area contributed by atoms with Crippen LogP contribution in [0.2, 0.25) is 0 Å². The van der Waals surface area contributed by atoms with Gasteiger partial charge in [0.25, 0.3) is 0 Å². The SMILES string of the molecule is C=C(C/C=C(\C)CCC=C(C)C)CCC(C)(C)/C=C/CC/C(C)=C\COC(COP(=O)(O)O[C@H]1O[C@H](C(N)=O)[C@@](C)(O)[C@H](OC(N)=O)[C@H]1O[C@@H]1O[C@H](CO)[C@@H](O[C@@H]2O[C@H](C)[C@@H](O[C@@H]3O[C@H](C(N)=O)[C@H](O)[C@H](O)[C@H]3O)[C@H](O)[C@H]2NC(C)=O)[C@H](O)[C@H]1NC(C)=O)C(=O)O. The Labute approximate surface area is 527 Å². The molecule has 17 N–H and O–H groups in total. The lowest BCUT2D eigenvalue weighted by atomic mass is 9.85. The molecule has 4 saturated heterocycles. The topological polar surface area (TPSA) is 505 Å². The minimum absolute atomic E-state index is 0.110. The van der Waals surface area contributed by atoms with Crippen LogP contribution in [0.25, 0.3) is 0 Å². The smallest absolute Gasteiger partial charge is 0.474 e. The summed E-state index contributed by atoms with van der Waals surface area (Å²) in [6.45, 7) is 18.2. The number of ether oxygens (including phenoxy) is 9. The van der Waals surface area contributed by atoms with E-state index in [0.29, 0.717) is 12.8 Å². The van der Waals surface area contributed by atoms with Gasteiger partial charge < -0.3 is 116 Å². The van der Waals surface area contributed by atoms with E-state index >= 15 is 0 Å². The standard InChI is InChI=1S/C58H94N5O27P/c1-27(2)15-14-17-28(3)18-19-30(5)20-23-57(9,10)22-13-12-16-29(4)21-24-80-35(51(74)75)26-81-91(78,79)90-55-46(47(89-56(61)76)58(11,77)48(88-55)50(60)73)87-53-37(63-33(8)66)39(68)44(34(25-64)83-53)85-52-36(62-32(7)65)38(67)43(31(6)82-52)84-54-42(71)40(69)41(70)45(86-54)49(59)72/h13,15,18,21-22,31,34-48,52-55,64,67-71,77H,5,12,14,16-17,19-20,23-26H2,1-4,6-11H3,(H2,59,72)(H2,60,73)(H2,61,76)(H,62,65)(H,63,66)(H,74,75)(H,78,79)/b22-13+,28-18+,29-21-/t31-,34-,35?,36-,37-,38-,39-,40+,41-,42-,43-,44-,45+,46-,47-,48-,52+,53+,54-,55-,58+/m1/s1. The Bertz CT molecular complexity index is 2670. The molecule has 91 heavy (non-hydrogen) atoms. The summed E-state index contributed by atoms with van der Waals surface area (Å²) >= 11 is 0. The molecule has 4 rings (SSSR count). The number of aliphatic hydroxyl groups excluding tert-OH is 6. The van der Waals surface area contributed by atoms with Crippen molar-refractivity contribution in [1.29, 1.82) is 0 Å². The first-order valence-electron chi connectivity index (χ1n) is 29.5. The van der Waals surface area contributed by atoms with E-state index in [9.17, 15) is 79.1 Å². The molecule has 0 bridgehead atoms. The van der Waals surface area contributed by atoms with E-state index in [-0.39, 0.29) is 12.0 Å². The summed E-state index contributed by atoms with van der Waals surface area (Å²) in [6, 6.07) is -3.63. The summed E-state index contributed by atoms with van der Waals surface area (Å²) in [5.74, 6) is -6.12. The summed E-state index contributed by atoms with van der Waals surface area (Å²) < 4.78 is 75.6. The van der Waals surface area contributed by atoms with E-state index in [4.69, 9.17) is 68.9 Å². The summed E-state index contributed by atoms with van der Waals surface area (Å²) in [5, 5.41) is 92.4. The van der Waals surface area contributed by atoms with Gasteiger partial charge in [-0.1, -0.05) is 73.1 Å². The molecular formula is C58H94N5O27P. The Morgan fingerprint density at radius 1 is 0.725 bits per heavy atom. The number of aliphatic carboxylic acids is 1. The number of carboxylic acids is 1. The van der Waals surface area contributed by atoms with Crippen LogP contribution in [0, 0.1) is 5.41 Å². The van der Waals surface area contributed by atoms with Crippen molar-refractivity contribution >= 4 is 43.5 Å². The molecule has 2 unspecified atom stereocenters.